The van der Waals surface area contributed by atoms with Crippen molar-refractivity contribution in [3.05, 3.63) is 59.4 Å². The minimum Gasteiger partial charge on any atom is -0.338 e. The zero-order valence-corrected chi connectivity index (χ0v) is 16.5. The van der Waals surface area contributed by atoms with Gasteiger partial charge in [0.15, 0.2) is 5.78 Å². The fraction of sp³-hybridized carbons (Fsp3) is 0.391. The quantitative estimate of drug-likeness (QED) is 0.577. The SMILES string of the molecule is CN[C@H]1CC[C@H](N(C=O)Cc2cc(-c3ccc(C(C)=O)cc3)ccc2F)CC1. The molecule has 0 atom stereocenters. The van der Waals surface area contributed by atoms with Crippen LogP contribution >= 0.6 is 0 Å². The molecule has 28 heavy (non-hydrogen) atoms. The third-order valence-corrected chi connectivity index (χ3v) is 5.73. The van der Waals surface area contributed by atoms with Crippen LogP contribution in [0.1, 0.15) is 48.5 Å². The number of Topliss-reactive ketones (excluding diaryl/α,β-unsaturated/α-hetero) is 1. The summed E-state index contributed by atoms with van der Waals surface area (Å²) in [6, 6.07) is 12.9. The second kappa shape index (κ2) is 9.11. The first-order valence-electron chi connectivity index (χ1n) is 9.80. The fourth-order valence-electron chi connectivity index (χ4n) is 3.92. The molecule has 2 aromatic rings. The zero-order chi connectivity index (χ0) is 20.1. The van der Waals surface area contributed by atoms with Gasteiger partial charge in [0.25, 0.3) is 0 Å². The van der Waals surface area contributed by atoms with Crippen LogP contribution in [0.5, 0.6) is 0 Å². The monoisotopic (exact) mass is 382 g/mol. The number of nitrogens with zero attached hydrogens (tertiary/aromatic N) is 1. The van der Waals surface area contributed by atoms with Gasteiger partial charge in [-0.2, -0.15) is 0 Å². The number of rotatable bonds is 7. The lowest BCUT2D eigenvalue weighted by atomic mass is 9.90. The van der Waals surface area contributed by atoms with Crippen LogP contribution in [0.2, 0.25) is 0 Å². The summed E-state index contributed by atoms with van der Waals surface area (Å²) in [5.41, 5.74) is 2.95. The number of nitrogens with one attached hydrogen (secondary N) is 1. The van der Waals surface area contributed by atoms with Crippen molar-refractivity contribution in [3.63, 3.8) is 0 Å². The normalized spacial score (nSPS) is 19.2. The summed E-state index contributed by atoms with van der Waals surface area (Å²) < 4.78 is 14.4. The molecule has 0 radical (unpaired) electrons. The van der Waals surface area contributed by atoms with Crippen molar-refractivity contribution in [2.24, 2.45) is 0 Å². The summed E-state index contributed by atoms with van der Waals surface area (Å²) in [5.74, 6) is -0.291. The average Bonchev–Trinajstić information content (AvgIpc) is 2.73. The maximum Gasteiger partial charge on any atom is 0.210 e. The lowest BCUT2D eigenvalue weighted by molar-refractivity contribution is -0.121. The van der Waals surface area contributed by atoms with Gasteiger partial charge < -0.3 is 10.2 Å². The Morgan fingerprint density at radius 3 is 2.32 bits per heavy atom. The Morgan fingerprint density at radius 1 is 1.11 bits per heavy atom. The molecule has 0 aromatic heterocycles. The van der Waals surface area contributed by atoms with Crippen molar-refractivity contribution in [2.75, 3.05) is 7.05 Å². The Bertz CT molecular complexity index is 827. The molecule has 0 bridgehead atoms. The Labute approximate surface area is 165 Å². The number of carbonyl (C=O) groups excluding carboxylic acids is 2. The van der Waals surface area contributed by atoms with Crippen LogP contribution < -0.4 is 5.32 Å². The van der Waals surface area contributed by atoms with E-state index in [4.69, 9.17) is 0 Å². The Balaban J connectivity index is 1.77. The van der Waals surface area contributed by atoms with E-state index < -0.39 is 0 Å². The van der Waals surface area contributed by atoms with Crippen LogP contribution in [-0.2, 0) is 11.3 Å². The Kier molecular flexibility index (Phi) is 6.57. The molecule has 1 amide bonds. The molecule has 0 heterocycles. The number of amides is 1. The maximum atomic E-state index is 14.4. The van der Waals surface area contributed by atoms with Crippen LogP contribution in [0, 0.1) is 5.82 Å². The number of hydrogen-bond acceptors (Lipinski definition) is 3. The summed E-state index contributed by atoms with van der Waals surface area (Å²) in [4.78, 5) is 24.9. The third-order valence-electron chi connectivity index (χ3n) is 5.73. The molecular formula is C23H27FN2O2. The van der Waals surface area contributed by atoms with Gasteiger partial charge in [-0.1, -0.05) is 30.3 Å². The van der Waals surface area contributed by atoms with E-state index in [0.717, 1.165) is 43.2 Å². The molecule has 1 N–H and O–H groups in total. The van der Waals surface area contributed by atoms with Crippen molar-refractivity contribution >= 4 is 12.2 Å². The van der Waals surface area contributed by atoms with Gasteiger partial charge in [-0.3, -0.25) is 9.59 Å². The molecule has 0 spiro atoms. The lowest BCUT2D eigenvalue weighted by Gasteiger charge is -2.34. The lowest BCUT2D eigenvalue weighted by Crippen LogP contribution is -2.40. The molecule has 1 saturated carbocycles. The number of benzene rings is 2. The summed E-state index contributed by atoms with van der Waals surface area (Å²) in [6.07, 6.45) is 4.75. The molecule has 0 unspecified atom stereocenters. The molecule has 1 fully saturated rings. The van der Waals surface area contributed by atoms with Gasteiger partial charge in [-0.05, 0) is 62.9 Å². The predicted molar refractivity (Wildman–Crippen MR) is 109 cm³/mol. The summed E-state index contributed by atoms with van der Waals surface area (Å²) in [6.45, 7) is 1.80. The molecular weight excluding hydrogens is 355 g/mol. The highest BCUT2D eigenvalue weighted by molar-refractivity contribution is 5.94. The highest BCUT2D eigenvalue weighted by Crippen LogP contribution is 2.27. The summed E-state index contributed by atoms with van der Waals surface area (Å²) >= 11 is 0. The fourth-order valence-corrected chi connectivity index (χ4v) is 3.92. The molecule has 0 aliphatic heterocycles. The molecule has 5 heteroatoms. The topological polar surface area (TPSA) is 49.4 Å². The van der Waals surface area contributed by atoms with Gasteiger partial charge in [0.1, 0.15) is 5.82 Å². The van der Waals surface area contributed by atoms with Crippen LogP contribution in [0.15, 0.2) is 42.5 Å². The van der Waals surface area contributed by atoms with Gasteiger partial charge in [0.2, 0.25) is 6.41 Å². The molecule has 4 nitrogen and oxygen atoms in total. The van der Waals surface area contributed by atoms with Crippen LogP contribution in [0.25, 0.3) is 11.1 Å². The van der Waals surface area contributed by atoms with Crippen molar-refractivity contribution in [1.29, 1.82) is 0 Å². The van der Waals surface area contributed by atoms with Gasteiger partial charge in [-0.15, -0.1) is 0 Å². The Hall–Kier alpha value is -2.53. The van der Waals surface area contributed by atoms with E-state index in [1.807, 2.05) is 19.2 Å². The zero-order valence-electron chi connectivity index (χ0n) is 16.5. The van der Waals surface area contributed by atoms with Crippen molar-refractivity contribution < 1.29 is 14.0 Å². The van der Waals surface area contributed by atoms with Crippen molar-refractivity contribution in [2.45, 2.75) is 51.2 Å². The van der Waals surface area contributed by atoms with Crippen molar-refractivity contribution in [3.8, 4) is 11.1 Å². The standard InChI is InChI=1S/C23H27FN2O2/c1-16(28)17-3-5-18(6-4-17)19-7-12-23(24)20(13-19)14-26(15-27)22-10-8-21(25-2)9-11-22/h3-7,12-13,15,21-22,25H,8-11,14H2,1-2H3/t21-,22-. The predicted octanol–water partition coefficient (Wildman–Crippen LogP) is 4.18. The van der Waals surface area contributed by atoms with Crippen molar-refractivity contribution in [1.82, 2.24) is 10.2 Å². The minimum absolute atomic E-state index is 0.0148. The Morgan fingerprint density at radius 2 is 1.75 bits per heavy atom. The van der Waals surface area contributed by atoms with E-state index >= 15 is 0 Å². The number of carbonyl (C=O) groups is 2. The van der Waals surface area contributed by atoms with E-state index in [1.54, 1.807) is 29.2 Å². The molecule has 1 aliphatic carbocycles. The third kappa shape index (κ3) is 4.65. The van der Waals surface area contributed by atoms with E-state index in [9.17, 15) is 14.0 Å². The number of ketones is 1. The van der Waals surface area contributed by atoms with Crippen LogP contribution in [0.4, 0.5) is 4.39 Å². The van der Waals surface area contributed by atoms with E-state index in [-0.39, 0.29) is 24.2 Å². The second-order valence-electron chi connectivity index (χ2n) is 7.51. The second-order valence-corrected chi connectivity index (χ2v) is 7.51. The average molecular weight is 382 g/mol. The first-order chi connectivity index (χ1) is 13.5. The van der Waals surface area contributed by atoms with E-state index in [0.29, 0.717) is 17.2 Å². The van der Waals surface area contributed by atoms with Gasteiger partial charge in [0.05, 0.1) is 0 Å². The van der Waals surface area contributed by atoms with Gasteiger partial charge in [0, 0.05) is 29.8 Å². The minimum atomic E-state index is -0.306. The molecule has 2 aromatic carbocycles. The first kappa shape index (κ1) is 20.2. The molecule has 0 saturated heterocycles. The summed E-state index contributed by atoms with van der Waals surface area (Å²) in [7, 11) is 1.96. The van der Waals surface area contributed by atoms with Gasteiger partial charge >= 0.3 is 0 Å². The van der Waals surface area contributed by atoms with Gasteiger partial charge in [-0.25, -0.2) is 4.39 Å². The molecule has 1 aliphatic rings. The smallest absolute Gasteiger partial charge is 0.210 e. The highest BCUT2D eigenvalue weighted by Gasteiger charge is 2.25. The number of halogens is 1. The highest BCUT2D eigenvalue weighted by atomic mass is 19.1. The van der Waals surface area contributed by atoms with Crippen LogP contribution in [-0.4, -0.2) is 36.2 Å². The van der Waals surface area contributed by atoms with E-state index in [1.165, 1.54) is 13.0 Å². The van der Waals surface area contributed by atoms with Crippen LogP contribution in [0.3, 0.4) is 0 Å². The summed E-state index contributed by atoms with van der Waals surface area (Å²) in [5, 5.41) is 3.29. The van der Waals surface area contributed by atoms with E-state index in [2.05, 4.69) is 5.32 Å². The largest absolute Gasteiger partial charge is 0.338 e. The molecule has 3 rings (SSSR count). The first-order valence-corrected chi connectivity index (χ1v) is 9.80. The number of hydrogen-bond donors (Lipinski definition) is 1. The maximum absolute atomic E-state index is 14.4. The molecule has 148 valence electrons.